The van der Waals surface area contributed by atoms with Crippen LogP contribution in [0, 0.1) is 20.2 Å². The lowest BCUT2D eigenvalue weighted by Gasteiger charge is -2.02. The van der Waals surface area contributed by atoms with Crippen molar-refractivity contribution in [1.29, 1.82) is 0 Å². The molecule has 0 aliphatic rings. The van der Waals surface area contributed by atoms with Gasteiger partial charge >= 0.3 is 0 Å². The first-order valence-corrected chi connectivity index (χ1v) is 7.15. The molecule has 0 heterocycles. The zero-order valence-corrected chi connectivity index (χ0v) is 12.5. The summed E-state index contributed by atoms with van der Waals surface area (Å²) in [6, 6.07) is 17.3. The quantitative estimate of drug-likeness (QED) is 0.391. The van der Waals surface area contributed by atoms with E-state index in [4.69, 9.17) is 0 Å². The van der Waals surface area contributed by atoms with E-state index in [0.717, 1.165) is 22.4 Å². The van der Waals surface area contributed by atoms with Gasteiger partial charge in [-0.15, -0.1) is 0 Å². The molecular formula is C18H12N2O4. The Bertz CT molecular complexity index is 974. The summed E-state index contributed by atoms with van der Waals surface area (Å²) in [5, 5.41) is 24.0. The van der Waals surface area contributed by atoms with Crippen LogP contribution in [0.5, 0.6) is 0 Å². The molecule has 3 aromatic carbocycles. The fraction of sp³-hybridized carbons (Fsp3) is 0. The largest absolute Gasteiger partial charge is 0.283 e. The van der Waals surface area contributed by atoms with Crippen LogP contribution in [0.1, 0.15) is 11.1 Å². The summed E-state index contributed by atoms with van der Waals surface area (Å²) in [7, 11) is 0. The van der Waals surface area contributed by atoms with E-state index in [0.29, 0.717) is 5.56 Å². The smallest absolute Gasteiger partial charge is 0.258 e. The molecule has 3 rings (SSSR count). The maximum absolute atomic E-state index is 11.2. The summed E-state index contributed by atoms with van der Waals surface area (Å²) >= 11 is 0. The Hall–Kier alpha value is -3.54. The summed E-state index contributed by atoms with van der Waals surface area (Å²) in [4.78, 5) is 20.7. The number of nitro groups is 2. The molecule has 0 unspecified atom stereocenters. The Morgan fingerprint density at radius 2 is 1.46 bits per heavy atom. The summed E-state index contributed by atoms with van der Waals surface area (Å²) in [5.41, 5.74) is 0.643. The first kappa shape index (κ1) is 15.4. The molecular weight excluding hydrogens is 308 g/mol. The van der Waals surface area contributed by atoms with E-state index in [-0.39, 0.29) is 11.4 Å². The lowest BCUT2D eigenvalue weighted by molar-refractivity contribution is -0.394. The number of benzene rings is 3. The second-order valence-corrected chi connectivity index (χ2v) is 5.16. The lowest BCUT2D eigenvalue weighted by atomic mass is 10.0. The average molecular weight is 320 g/mol. The van der Waals surface area contributed by atoms with Gasteiger partial charge in [-0.05, 0) is 28.5 Å². The fourth-order valence-corrected chi connectivity index (χ4v) is 2.52. The van der Waals surface area contributed by atoms with Gasteiger partial charge in [-0.1, -0.05) is 48.5 Å². The summed E-state index contributed by atoms with van der Waals surface area (Å²) < 4.78 is 0. The van der Waals surface area contributed by atoms with E-state index in [1.165, 1.54) is 12.1 Å². The van der Waals surface area contributed by atoms with Gasteiger partial charge in [0, 0.05) is 6.07 Å². The Kier molecular flexibility index (Phi) is 4.03. The van der Waals surface area contributed by atoms with E-state index in [2.05, 4.69) is 0 Å². The van der Waals surface area contributed by atoms with Crippen LogP contribution in [-0.4, -0.2) is 9.85 Å². The second kappa shape index (κ2) is 6.29. The molecule has 118 valence electrons. The van der Waals surface area contributed by atoms with Gasteiger partial charge in [0.2, 0.25) is 0 Å². The molecule has 0 spiro atoms. The minimum absolute atomic E-state index is 0.291. The van der Waals surface area contributed by atoms with Gasteiger partial charge in [0.05, 0.1) is 21.5 Å². The van der Waals surface area contributed by atoms with E-state index < -0.39 is 9.85 Å². The van der Waals surface area contributed by atoms with Gasteiger partial charge < -0.3 is 0 Å². The molecule has 0 saturated carbocycles. The van der Waals surface area contributed by atoms with E-state index in [9.17, 15) is 20.2 Å². The Labute approximate surface area is 137 Å². The predicted octanol–water partition coefficient (Wildman–Crippen LogP) is 4.83. The van der Waals surface area contributed by atoms with Crippen molar-refractivity contribution >= 4 is 34.3 Å². The Balaban J connectivity index is 2.05. The van der Waals surface area contributed by atoms with Crippen LogP contribution < -0.4 is 0 Å². The van der Waals surface area contributed by atoms with Crippen molar-refractivity contribution in [3.63, 3.8) is 0 Å². The summed E-state index contributed by atoms with van der Waals surface area (Å²) in [6.07, 6.45) is 3.38. The van der Waals surface area contributed by atoms with Gasteiger partial charge in [-0.25, -0.2) is 0 Å². The first-order valence-electron chi connectivity index (χ1n) is 7.15. The molecule has 0 atom stereocenters. The summed E-state index contributed by atoms with van der Waals surface area (Å²) in [5.74, 6) is 0. The topological polar surface area (TPSA) is 86.3 Å². The van der Waals surface area contributed by atoms with Crippen molar-refractivity contribution in [3.8, 4) is 0 Å². The zero-order valence-electron chi connectivity index (χ0n) is 12.5. The molecule has 0 aromatic heterocycles. The molecule has 0 bridgehead atoms. The normalized spacial score (nSPS) is 11.0. The van der Waals surface area contributed by atoms with Crippen molar-refractivity contribution in [3.05, 3.63) is 92.0 Å². The molecule has 0 N–H and O–H groups in total. The third-order valence-corrected chi connectivity index (χ3v) is 3.69. The minimum Gasteiger partial charge on any atom is -0.258 e. The zero-order chi connectivity index (χ0) is 17.1. The van der Waals surface area contributed by atoms with E-state index >= 15 is 0 Å². The van der Waals surface area contributed by atoms with Gasteiger partial charge in [0.25, 0.3) is 11.4 Å². The number of fused-ring (bicyclic) bond motifs is 1. The Morgan fingerprint density at radius 1 is 0.750 bits per heavy atom. The van der Waals surface area contributed by atoms with E-state index in [1.54, 1.807) is 12.2 Å². The third kappa shape index (κ3) is 2.98. The number of nitrogens with zero attached hydrogens (tertiary/aromatic N) is 2. The second-order valence-electron chi connectivity index (χ2n) is 5.16. The molecule has 6 nitrogen and oxygen atoms in total. The number of hydrogen-bond donors (Lipinski definition) is 0. The number of nitro benzene ring substituents is 2. The number of rotatable bonds is 4. The van der Waals surface area contributed by atoms with Gasteiger partial charge in [0.15, 0.2) is 0 Å². The standard InChI is InChI=1S/C18H12N2O4/c21-19(22)16-11-10-15(18(12-16)20(23)24)9-8-14-6-3-5-13-4-1-2-7-17(13)14/h1-12H. The molecule has 3 aromatic rings. The highest BCUT2D eigenvalue weighted by Gasteiger charge is 2.17. The van der Waals surface area contributed by atoms with Crippen LogP contribution in [-0.2, 0) is 0 Å². The lowest BCUT2D eigenvalue weighted by Crippen LogP contribution is -1.94. The summed E-state index contributed by atoms with van der Waals surface area (Å²) in [6.45, 7) is 0. The van der Waals surface area contributed by atoms with Gasteiger partial charge in [0.1, 0.15) is 0 Å². The molecule has 0 saturated heterocycles. The minimum atomic E-state index is -0.648. The molecule has 24 heavy (non-hydrogen) atoms. The van der Waals surface area contributed by atoms with Crippen LogP contribution in [0.3, 0.4) is 0 Å². The van der Waals surface area contributed by atoms with Crippen molar-refractivity contribution in [2.75, 3.05) is 0 Å². The van der Waals surface area contributed by atoms with Crippen LogP contribution in [0.2, 0.25) is 0 Å². The molecule has 6 heteroatoms. The highest BCUT2D eigenvalue weighted by atomic mass is 16.6. The van der Waals surface area contributed by atoms with Gasteiger partial charge in [-0.2, -0.15) is 0 Å². The predicted molar refractivity (Wildman–Crippen MR) is 92.6 cm³/mol. The molecule has 0 aliphatic heterocycles. The van der Waals surface area contributed by atoms with Crippen LogP contribution in [0.25, 0.3) is 22.9 Å². The average Bonchev–Trinajstić information content (AvgIpc) is 2.59. The third-order valence-electron chi connectivity index (χ3n) is 3.69. The molecule has 0 amide bonds. The van der Waals surface area contributed by atoms with Crippen molar-refractivity contribution in [2.45, 2.75) is 0 Å². The van der Waals surface area contributed by atoms with Crippen LogP contribution in [0.4, 0.5) is 11.4 Å². The maximum Gasteiger partial charge on any atom is 0.283 e. The first-order chi connectivity index (χ1) is 11.6. The van der Waals surface area contributed by atoms with Crippen molar-refractivity contribution < 1.29 is 9.85 Å². The molecule has 0 aliphatic carbocycles. The highest BCUT2D eigenvalue weighted by Crippen LogP contribution is 2.27. The number of non-ortho nitro benzene ring substituents is 1. The Morgan fingerprint density at radius 3 is 2.21 bits per heavy atom. The maximum atomic E-state index is 11.2. The van der Waals surface area contributed by atoms with Crippen molar-refractivity contribution in [2.24, 2.45) is 0 Å². The SMILES string of the molecule is O=[N+]([O-])c1ccc(C=Cc2cccc3ccccc23)c([N+](=O)[O-])c1. The highest BCUT2D eigenvalue weighted by molar-refractivity contribution is 5.93. The van der Waals surface area contributed by atoms with Gasteiger partial charge in [-0.3, -0.25) is 20.2 Å². The van der Waals surface area contributed by atoms with Crippen LogP contribution in [0.15, 0.2) is 60.7 Å². The van der Waals surface area contributed by atoms with E-state index in [1.807, 2.05) is 42.5 Å². The van der Waals surface area contributed by atoms with Crippen molar-refractivity contribution in [1.82, 2.24) is 0 Å². The fourth-order valence-electron chi connectivity index (χ4n) is 2.52. The number of hydrogen-bond acceptors (Lipinski definition) is 4. The molecule has 0 radical (unpaired) electrons. The molecule has 0 fully saturated rings. The monoisotopic (exact) mass is 320 g/mol. The van der Waals surface area contributed by atoms with Crippen LogP contribution >= 0.6 is 0 Å².